The Labute approximate surface area is 55.9 Å². The highest BCUT2D eigenvalue weighted by Crippen LogP contribution is 1.99. The summed E-state index contributed by atoms with van der Waals surface area (Å²) in [5, 5.41) is 0.242. The van der Waals surface area contributed by atoms with E-state index in [1.165, 1.54) is 0 Å². The molecule has 46 valence electrons. The van der Waals surface area contributed by atoms with Crippen LogP contribution in [0.25, 0.3) is 0 Å². The van der Waals surface area contributed by atoms with E-state index in [-0.39, 0.29) is 5.38 Å². The molecular weight excluding hydrogens is 120 g/mol. The van der Waals surface area contributed by atoms with Gasteiger partial charge in [0.05, 0.1) is 0 Å². The molecule has 8 heavy (non-hydrogen) atoms. The van der Waals surface area contributed by atoms with Gasteiger partial charge in [-0.25, -0.2) is 0 Å². The van der Waals surface area contributed by atoms with E-state index in [0.717, 1.165) is 6.42 Å². The van der Waals surface area contributed by atoms with Crippen molar-refractivity contribution < 1.29 is 0 Å². The molecule has 0 aromatic heterocycles. The van der Waals surface area contributed by atoms with Gasteiger partial charge in [-0.1, -0.05) is 24.8 Å². The summed E-state index contributed by atoms with van der Waals surface area (Å²) in [6.07, 6.45) is 6.58. The first kappa shape index (κ1) is 7.77. The molecule has 0 saturated heterocycles. The van der Waals surface area contributed by atoms with Gasteiger partial charge >= 0.3 is 0 Å². The summed E-state index contributed by atoms with van der Waals surface area (Å²) in [7, 11) is 0. The third-order valence-electron chi connectivity index (χ3n) is 0.733. The summed E-state index contributed by atoms with van der Waals surface area (Å²) in [5.74, 6) is 0. The second-order valence-corrected chi connectivity index (χ2v) is 2.43. The molecule has 0 spiro atoms. The zero-order valence-electron chi connectivity index (χ0n) is 5.10. The maximum atomic E-state index is 5.63. The van der Waals surface area contributed by atoms with Crippen molar-refractivity contribution >= 4 is 11.6 Å². The van der Waals surface area contributed by atoms with Crippen LogP contribution in [0.3, 0.4) is 0 Å². The minimum absolute atomic E-state index is 0.242. The van der Waals surface area contributed by atoms with E-state index in [0.29, 0.717) is 0 Å². The fourth-order valence-corrected chi connectivity index (χ4v) is 0.465. The molecule has 0 saturated carbocycles. The van der Waals surface area contributed by atoms with Crippen molar-refractivity contribution in [3.05, 3.63) is 24.8 Å². The Morgan fingerprint density at radius 2 is 2.38 bits per heavy atom. The summed E-state index contributed by atoms with van der Waals surface area (Å²) in [6, 6.07) is 0. The quantitative estimate of drug-likeness (QED) is 0.407. The standard InChI is InChI=1S/C7H11Cl/c1-3-4-5-6-7(2)8/h3-5,7H,1,6H2,2H3/t7-/m0/s1. The average Bonchev–Trinajstić information content (AvgIpc) is 1.66. The number of hydrogen-bond acceptors (Lipinski definition) is 0. The molecule has 0 amide bonds. The molecule has 0 unspecified atom stereocenters. The minimum Gasteiger partial charge on any atom is -0.123 e. The van der Waals surface area contributed by atoms with Gasteiger partial charge in [0.2, 0.25) is 0 Å². The zero-order valence-corrected chi connectivity index (χ0v) is 5.86. The lowest BCUT2D eigenvalue weighted by atomic mass is 10.3. The van der Waals surface area contributed by atoms with Gasteiger partial charge in [0.1, 0.15) is 0 Å². The van der Waals surface area contributed by atoms with E-state index in [1.54, 1.807) is 6.08 Å². The Hall–Kier alpha value is -0.230. The van der Waals surface area contributed by atoms with Crippen LogP contribution in [0.5, 0.6) is 0 Å². The third kappa shape index (κ3) is 5.77. The third-order valence-corrected chi connectivity index (χ3v) is 0.911. The van der Waals surface area contributed by atoms with Crippen molar-refractivity contribution in [3.63, 3.8) is 0 Å². The highest BCUT2D eigenvalue weighted by molar-refractivity contribution is 6.20. The van der Waals surface area contributed by atoms with Gasteiger partial charge in [-0.2, -0.15) is 0 Å². The van der Waals surface area contributed by atoms with Crippen LogP contribution in [0.2, 0.25) is 0 Å². The molecule has 0 aliphatic heterocycles. The second kappa shape index (κ2) is 4.92. The SMILES string of the molecule is C=CC=CC[C@H](C)Cl. The Balaban J connectivity index is 3.15. The van der Waals surface area contributed by atoms with E-state index >= 15 is 0 Å². The molecule has 0 bridgehead atoms. The van der Waals surface area contributed by atoms with Crippen molar-refractivity contribution in [2.45, 2.75) is 18.7 Å². The first-order valence-corrected chi connectivity index (χ1v) is 3.12. The van der Waals surface area contributed by atoms with Gasteiger partial charge in [-0.15, -0.1) is 11.6 Å². The Bertz CT molecular complexity index is 82.4. The monoisotopic (exact) mass is 130 g/mol. The highest BCUT2D eigenvalue weighted by atomic mass is 35.5. The van der Waals surface area contributed by atoms with Gasteiger partial charge in [0, 0.05) is 5.38 Å². The van der Waals surface area contributed by atoms with Crippen LogP contribution in [-0.4, -0.2) is 5.38 Å². The van der Waals surface area contributed by atoms with E-state index in [4.69, 9.17) is 11.6 Å². The van der Waals surface area contributed by atoms with Gasteiger partial charge in [-0.05, 0) is 13.3 Å². The molecule has 0 fully saturated rings. The summed E-state index contributed by atoms with van der Waals surface area (Å²) in [4.78, 5) is 0. The summed E-state index contributed by atoms with van der Waals surface area (Å²) < 4.78 is 0. The van der Waals surface area contributed by atoms with Gasteiger partial charge < -0.3 is 0 Å². The van der Waals surface area contributed by atoms with Crippen LogP contribution in [0.4, 0.5) is 0 Å². The Morgan fingerprint density at radius 3 is 2.75 bits per heavy atom. The fourth-order valence-electron chi connectivity index (χ4n) is 0.362. The van der Waals surface area contributed by atoms with Crippen molar-refractivity contribution in [3.8, 4) is 0 Å². The molecule has 0 heterocycles. The summed E-state index contributed by atoms with van der Waals surface area (Å²) in [5.41, 5.74) is 0. The van der Waals surface area contributed by atoms with Crippen LogP contribution in [0.1, 0.15) is 13.3 Å². The van der Waals surface area contributed by atoms with E-state index < -0.39 is 0 Å². The lowest BCUT2D eigenvalue weighted by Crippen LogP contribution is -1.84. The summed E-state index contributed by atoms with van der Waals surface area (Å²) in [6.45, 7) is 5.49. The van der Waals surface area contributed by atoms with E-state index in [2.05, 4.69) is 6.58 Å². The Morgan fingerprint density at radius 1 is 1.75 bits per heavy atom. The molecule has 0 radical (unpaired) electrons. The molecule has 0 aliphatic carbocycles. The van der Waals surface area contributed by atoms with Gasteiger partial charge in [0.15, 0.2) is 0 Å². The normalized spacial score (nSPS) is 14.2. The van der Waals surface area contributed by atoms with Crippen molar-refractivity contribution in [1.29, 1.82) is 0 Å². The lowest BCUT2D eigenvalue weighted by molar-refractivity contribution is 0.969. The molecule has 1 heteroatoms. The average molecular weight is 131 g/mol. The second-order valence-electron chi connectivity index (χ2n) is 1.68. The maximum Gasteiger partial charge on any atom is 0.0342 e. The first-order chi connectivity index (χ1) is 3.77. The molecule has 0 rings (SSSR count). The van der Waals surface area contributed by atoms with Crippen molar-refractivity contribution in [2.75, 3.05) is 0 Å². The number of rotatable bonds is 3. The van der Waals surface area contributed by atoms with Gasteiger partial charge in [0.25, 0.3) is 0 Å². The van der Waals surface area contributed by atoms with Crippen LogP contribution in [-0.2, 0) is 0 Å². The van der Waals surface area contributed by atoms with Crippen molar-refractivity contribution in [2.24, 2.45) is 0 Å². The van der Waals surface area contributed by atoms with Crippen LogP contribution in [0, 0.1) is 0 Å². The number of allylic oxidation sites excluding steroid dienone is 3. The molecule has 0 aromatic rings. The molecule has 0 nitrogen and oxygen atoms in total. The molecule has 0 N–H and O–H groups in total. The smallest absolute Gasteiger partial charge is 0.0342 e. The Kier molecular flexibility index (Phi) is 4.78. The van der Waals surface area contributed by atoms with Crippen LogP contribution in [0.15, 0.2) is 24.8 Å². The van der Waals surface area contributed by atoms with Crippen LogP contribution >= 0.6 is 11.6 Å². The topological polar surface area (TPSA) is 0 Å². The van der Waals surface area contributed by atoms with Crippen molar-refractivity contribution in [1.82, 2.24) is 0 Å². The molecule has 0 aliphatic rings. The largest absolute Gasteiger partial charge is 0.123 e. The lowest BCUT2D eigenvalue weighted by Gasteiger charge is -1.91. The predicted molar refractivity (Wildman–Crippen MR) is 39.3 cm³/mol. The molecule has 1 atom stereocenters. The van der Waals surface area contributed by atoms with E-state index in [1.807, 2.05) is 19.1 Å². The summed E-state index contributed by atoms with van der Waals surface area (Å²) >= 11 is 5.63. The highest BCUT2D eigenvalue weighted by Gasteiger charge is 1.87. The number of alkyl halides is 1. The first-order valence-electron chi connectivity index (χ1n) is 2.69. The maximum absolute atomic E-state index is 5.63. The predicted octanol–water partition coefficient (Wildman–Crippen LogP) is 2.75. The molecule has 0 aromatic carbocycles. The number of halogens is 1. The van der Waals surface area contributed by atoms with Crippen LogP contribution < -0.4 is 0 Å². The van der Waals surface area contributed by atoms with E-state index in [9.17, 15) is 0 Å². The minimum atomic E-state index is 0.242. The van der Waals surface area contributed by atoms with Gasteiger partial charge in [-0.3, -0.25) is 0 Å². The number of hydrogen-bond donors (Lipinski definition) is 0. The zero-order chi connectivity index (χ0) is 6.41. The molecular formula is C7H11Cl. The fraction of sp³-hybridized carbons (Fsp3) is 0.429.